The lowest BCUT2D eigenvalue weighted by Crippen LogP contribution is -2.12. The fourth-order valence-corrected chi connectivity index (χ4v) is 2.25. The van der Waals surface area contributed by atoms with Crippen molar-refractivity contribution >= 4 is 5.82 Å². The Balaban J connectivity index is 2.55. The van der Waals surface area contributed by atoms with Crippen molar-refractivity contribution in [2.24, 2.45) is 0 Å². The second-order valence-electron chi connectivity index (χ2n) is 4.78. The van der Waals surface area contributed by atoms with Gasteiger partial charge in [-0.05, 0) is 20.3 Å². The summed E-state index contributed by atoms with van der Waals surface area (Å²) < 4.78 is 2.07. The summed E-state index contributed by atoms with van der Waals surface area (Å²) in [5, 5.41) is 3.33. The Kier molecular flexibility index (Phi) is 4.71. The Bertz CT molecular complexity index is 574. The Hall–Kier alpha value is -1.91. The number of aryl methyl sites for hydroxylation is 2. The highest BCUT2D eigenvalue weighted by molar-refractivity contribution is 5.52. The van der Waals surface area contributed by atoms with Gasteiger partial charge in [0.2, 0.25) is 0 Å². The van der Waals surface area contributed by atoms with Crippen LogP contribution in [0, 0.1) is 6.92 Å². The molecule has 0 amide bonds. The van der Waals surface area contributed by atoms with Crippen molar-refractivity contribution in [3.8, 4) is 5.82 Å². The molecule has 2 rings (SSSR count). The van der Waals surface area contributed by atoms with Crippen molar-refractivity contribution in [2.45, 2.75) is 47.0 Å². The van der Waals surface area contributed by atoms with E-state index in [4.69, 9.17) is 4.98 Å². The first-order valence-electron chi connectivity index (χ1n) is 7.35. The molecule has 0 radical (unpaired) electrons. The maximum Gasteiger partial charge on any atom is 0.146 e. The highest BCUT2D eigenvalue weighted by atomic mass is 15.2. The molecule has 0 aliphatic heterocycles. The van der Waals surface area contributed by atoms with Crippen molar-refractivity contribution < 1.29 is 0 Å². The summed E-state index contributed by atoms with van der Waals surface area (Å²) in [6.07, 6.45) is 6.61. The summed E-state index contributed by atoms with van der Waals surface area (Å²) in [6.45, 7) is 9.24. The molecule has 1 N–H and O–H groups in total. The van der Waals surface area contributed by atoms with Crippen LogP contribution < -0.4 is 5.32 Å². The smallest absolute Gasteiger partial charge is 0.146 e. The summed E-state index contributed by atoms with van der Waals surface area (Å²) in [5.41, 5.74) is 1.07. The molecule has 0 unspecified atom stereocenters. The number of nitrogens with zero attached hydrogens (tertiary/aromatic N) is 4. The first-order chi connectivity index (χ1) is 9.71. The van der Waals surface area contributed by atoms with Gasteiger partial charge in [0.1, 0.15) is 23.3 Å². The van der Waals surface area contributed by atoms with Crippen molar-refractivity contribution in [1.29, 1.82) is 0 Å². The molecule has 5 heteroatoms. The summed E-state index contributed by atoms with van der Waals surface area (Å²) in [5.74, 6) is 3.78. The largest absolute Gasteiger partial charge is 0.370 e. The van der Waals surface area contributed by atoms with Gasteiger partial charge in [-0.25, -0.2) is 15.0 Å². The highest BCUT2D eigenvalue weighted by Gasteiger charge is 2.13. The van der Waals surface area contributed by atoms with E-state index in [1.54, 1.807) is 0 Å². The van der Waals surface area contributed by atoms with Crippen LogP contribution in [0.3, 0.4) is 0 Å². The van der Waals surface area contributed by atoms with Crippen LogP contribution in [-0.4, -0.2) is 26.1 Å². The lowest BCUT2D eigenvalue weighted by Gasteiger charge is -2.15. The van der Waals surface area contributed by atoms with Gasteiger partial charge >= 0.3 is 0 Å². The third kappa shape index (κ3) is 2.81. The van der Waals surface area contributed by atoms with E-state index < -0.39 is 0 Å². The number of nitrogens with one attached hydrogen (secondary N) is 1. The standard InChI is InChI=1S/C15H23N5/c1-5-8-12-18-14(16-7-3)11(4)15(19-12)20-10-9-17-13(20)6-2/h9-10H,5-8H2,1-4H3,(H,16,18,19). The Morgan fingerprint density at radius 1 is 1.20 bits per heavy atom. The monoisotopic (exact) mass is 273 g/mol. The fourth-order valence-electron chi connectivity index (χ4n) is 2.25. The van der Waals surface area contributed by atoms with Gasteiger partial charge in [-0.1, -0.05) is 13.8 Å². The van der Waals surface area contributed by atoms with Crippen LogP contribution in [0.5, 0.6) is 0 Å². The van der Waals surface area contributed by atoms with E-state index in [2.05, 4.69) is 47.5 Å². The number of imidazole rings is 1. The summed E-state index contributed by atoms with van der Waals surface area (Å²) in [7, 11) is 0. The fraction of sp³-hybridized carbons (Fsp3) is 0.533. The zero-order valence-corrected chi connectivity index (χ0v) is 12.8. The number of aromatic nitrogens is 4. The van der Waals surface area contributed by atoms with Gasteiger partial charge in [0, 0.05) is 37.3 Å². The quantitative estimate of drug-likeness (QED) is 0.879. The maximum atomic E-state index is 4.73. The summed E-state index contributed by atoms with van der Waals surface area (Å²) >= 11 is 0. The van der Waals surface area contributed by atoms with Gasteiger partial charge in [-0.3, -0.25) is 4.57 Å². The molecule has 0 atom stereocenters. The molecular formula is C15H23N5. The average Bonchev–Trinajstić information content (AvgIpc) is 2.91. The summed E-state index contributed by atoms with van der Waals surface area (Å²) in [6, 6.07) is 0. The first-order valence-corrected chi connectivity index (χ1v) is 7.35. The molecule has 108 valence electrons. The molecule has 5 nitrogen and oxygen atoms in total. The second kappa shape index (κ2) is 6.50. The average molecular weight is 273 g/mol. The SMILES string of the molecule is CCCc1nc(NCC)c(C)c(-n2ccnc2CC)n1. The predicted octanol–water partition coefficient (Wildman–Crippen LogP) is 2.92. The Morgan fingerprint density at radius 3 is 2.65 bits per heavy atom. The minimum atomic E-state index is 0.855. The molecule has 20 heavy (non-hydrogen) atoms. The molecule has 0 saturated heterocycles. The van der Waals surface area contributed by atoms with E-state index in [1.807, 2.05) is 12.4 Å². The molecule has 0 aliphatic carbocycles. The van der Waals surface area contributed by atoms with E-state index in [9.17, 15) is 0 Å². The van der Waals surface area contributed by atoms with Crippen molar-refractivity contribution in [2.75, 3.05) is 11.9 Å². The number of rotatable bonds is 6. The first kappa shape index (κ1) is 14.5. The minimum absolute atomic E-state index is 0.855. The van der Waals surface area contributed by atoms with Gasteiger partial charge in [0.05, 0.1) is 0 Å². The minimum Gasteiger partial charge on any atom is -0.370 e. The van der Waals surface area contributed by atoms with Crippen LogP contribution in [0.1, 0.15) is 44.4 Å². The van der Waals surface area contributed by atoms with Crippen molar-refractivity contribution in [3.05, 3.63) is 29.6 Å². The number of hydrogen-bond donors (Lipinski definition) is 1. The zero-order chi connectivity index (χ0) is 14.5. The molecule has 0 spiro atoms. The van der Waals surface area contributed by atoms with Gasteiger partial charge in [0.25, 0.3) is 0 Å². The topological polar surface area (TPSA) is 55.6 Å². The number of anilines is 1. The summed E-state index contributed by atoms with van der Waals surface area (Å²) in [4.78, 5) is 13.7. The molecule has 0 fully saturated rings. The van der Waals surface area contributed by atoms with Gasteiger partial charge in [0.15, 0.2) is 0 Å². The van der Waals surface area contributed by atoms with Crippen molar-refractivity contribution in [1.82, 2.24) is 19.5 Å². The van der Waals surface area contributed by atoms with E-state index in [0.29, 0.717) is 0 Å². The molecular weight excluding hydrogens is 250 g/mol. The Morgan fingerprint density at radius 2 is 2.00 bits per heavy atom. The van der Waals surface area contributed by atoms with Gasteiger partial charge < -0.3 is 5.32 Å². The molecule has 2 aromatic heterocycles. The maximum absolute atomic E-state index is 4.73. The molecule has 0 aromatic carbocycles. The molecule has 2 heterocycles. The lowest BCUT2D eigenvalue weighted by molar-refractivity contribution is 0.793. The van der Waals surface area contributed by atoms with Crippen LogP contribution in [-0.2, 0) is 12.8 Å². The number of hydrogen-bond acceptors (Lipinski definition) is 4. The van der Waals surface area contributed by atoms with Crippen LogP contribution in [0.15, 0.2) is 12.4 Å². The Labute approximate surface area is 120 Å². The van der Waals surface area contributed by atoms with E-state index in [-0.39, 0.29) is 0 Å². The van der Waals surface area contributed by atoms with Crippen molar-refractivity contribution in [3.63, 3.8) is 0 Å². The van der Waals surface area contributed by atoms with Crippen LogP contribution >= 0.6 is 0 Å². The third-order valence-electron chi connectivity index (χ3n) is 3.25. The third-order valence-corrected chi connectivity index (χ3v) is 3.25. The second-order valence-corrected chi connectivity index (χ2v) is 4.78. The molecule has 0 aliphatic rings. The lowest BCUT2D eigenvalue weighted by atomic mass is 10.2. The molecule has 0 saturated carbocycles. The normalized spacial score (nSPS) is 10.8. The molecule has 2 aromatic rings. The van der Waals surface area contributed by atoms with Gasteiger partial charge in [-0.15, -0.1) is 0 Å². The van der Waals surface area contributed by atoms with E-state index >= 15 is 0 Å². The van der Waals surface area contributed by atoms with Crippen LogP contribution in [0.4, 0.5) is 5.82 Å². The predicted molar refractivity (Wildman–Crippen MR) is 81.4 cm³/mol. The zero-order valence-electron chi connectivity index (χ0n) is 12.8. The van der Waals surface area contributed by atoms with Crippen LogP contribution in [0.2, 0.25) is 0 Å². The van der Waals surface area contributed by atoms with E-state index in [0.717, 1.165) is 54.7 Å². The van der Waals surface area contributed by atoms with Crippen LogP contribution in [0.25, 0.3) is 5.82 Å². The van der Waals surface area contributed by atoms with E-state index in [1.165, 1.54) is 0 Å². The highest BCUT2D eigenvalue weighted by Crippen LogP contribution is 2.21. The molecule has 0 bridgehead atoms. The van der Waals surface area contributed by atoms with Gasteiger partial charge in [-0.2, -0.15) is 0 Å².